The first-order chi connectivity index (χ1) is 16.3. The highest BCUT2D eigenvalue weighted by atomic mass is 16.1. The summed E-state index contributed by atoms with van der Waals surface area (Å²) in [6.07, 6.45) is 4.65. The molecule has 0 bridgehead atoms. The topological polar surface area (TPSA) is 47.2 Å². The van der Waals surface area contributed by atoms with Crippen LogP contribution >= 0.6 is 0 Å². The molecule has 0 spiro atoms. The van der Waals surface area contributed by atoms with Gasteiger partial charge >= 0.3 is 0 Å². The second kappa shape index (κ2) is 9.61. The molecular formula is C29H25N3O. The third-order valence-electron chi connectivity index (χ3n) is 5.86. The summed E-state index contributed by atoms with van der Waals surface area (Å²) in [5, 5.41) is 5.00. The predicted molar refractivity (Wildman–Crippen MR) is 133 cm³/mol. The minimum absolute atomic E-state index is 0.0779. The van der Waals surface area contributed by atoms with Gasteiger partial charge in [-0.3, -0.25) is 9.79 Å². The summed E-state index contributed by atoms with van der Waals surface area (Å²) < 4.78 is 2.02. The molecule has 5 rings (SSSR count). The number of nitrogens with zero attached hydrogens (tertiary/aromatic N) is 3. The van der Waals surface area contributed by atoms with Crippen molar-refractivity contribution in [1.82, 2.24) is 9.78 Å². The lowest BCUT2D eigenvalue weighted by Gasteiger charge is -2.13. The fraction of sp³-hybridized carbons (Fsp3) is 0.138. The second-order valence-corrected chi connectivity index (χ2v) is 8.17. The number of ketones is 1. The molecule has 0 atom stereocenters. The number of carbonyl (C=O) groups is 1. The van der Waals surface area contributed by atoms with Gasteiger partial charge in [-0.05, 0) is 36.6 Å². The van der Waals surface area contributed by atoms with Gasteiger partial charge < -0.3 is 0 Å². The van der Waals surface area contributed by atoms with Crippen LogP contribution in [0, 0.1) is 0 Å². The van der Waals surface area contributed by atoms with Gasteiger partial charge in [0.05, 0.1) is 23.5 Å². The summed E-state index contributed by atoms with van der Waals surface area (Å²) in [5.41, 5.74) is 6.86. The van der Waals surface area contributed by atoms with Crippen molar-refractivity contribution in [3.8, 4) is 5.69 Å². The fourth-order valence-corrected chi connectivity index (χ4v) is 4.20. The third-order valence-corrected chi connectivity index (χ3v) is 5.86. The Morgan fingerprint density at radius 1 is 0.848 bits per heavy atom. The molecule has 1 aliphatic heterocycles. The van der Waals surface area contributed by atoms with E-state index in [2.05, 4.69) is 47.5 Å². The van der Waals surface area contributed by atoms with Crippen molar-refractivity contribution in [3.63, 3.8) is 0 Å². The molecular weight excluding hydrogens is 406 g/mol. The molecule has 0 amide bonds. The fourth-order valence-electron chi connectivity index (χ4n) is 4.20. The Bertz CT molecular complexity index is 1300. The van der Waals surface area contributed by atoms with E-state index in [9.17, 15) is 4.79 Å². The van der Waals surface area contributed by atoms with Gasteiger partial charge in [0.25, 0.3) is 0 Å². The highest BCUT2D eigenvalue weighted by Gasteiger charge is 2.20. The minimum atomic E-state index is 0.0779. The largest absolute Gasteiger partial charge is 0.294 e. The number of aliphatic imine (C=N–C) groups is 1. The maximum atomic E-state index is 12.9. The van der Waals surface area contributed by atoms with Gasteiger partial charge in [-0.25, -0.2) is 4.68 Å². The molecule has 3 aromatic carbocycles. The summed E-state index contributed by atoms with van der Waals surface area (Å²) in [5.74, 6) is 0.0779. The second-order valence-electron chi connectivity index (χ2n) is 8.17. The van der Waals surface area contributed by atoms with E-state index in [1.54, 1.807) is 0 Å². The monoisotopic (exact) mass is 431 g/mol. The first-order valence-corrected chi connectivity index (χ1v) is 11.3. The van der Waals surface area contributed by atoms with Crippen molar-refractivity contribution < 1.29 is 4.79 Å². The molecule has 4 nitrogen and oxygen atoms in total. The molecule has 4 aromatic rings. The number of rotatable bonds is 7. The molecule has 0 unspecified atom stereocenters. The maximum absolute atomic E-state index is 12.9. The molecule has 0 fully saturated rings. The van der Waals surface area contributed by atoms with Crippen molar-refractivity contribution >= 4 is 17.6 Å². The van der Waals surface area contributed by atoms with Crippen LogP contribution < -0.4 is 0 Å². The van der Waals surface area contributed by atoms with E-state index in [1.807, 2.05) is 65.5 Å². The summed E-state index contributed by atoms with van der Waals surface area (Å²) in [6.45, 7) is 0. The van der Waals surface area contributed by atoms with Crippen molar-refractivity contribution in [3.05, 3.63) is 125 Å². The number of allylic oxidation sites excluding steroid dienone is 2. The van der Waals surface area contributed by atoms with Crippen LogP contribution in [-0.4, -0.2) is 21.8 Å². The van der Waals surface area contributed by atoms with Gasteiger partial charge in [-0.1, -0.05) is 78.9 Å². The number of para-hydroxylation sites is 1. The average molecular weight is 432 g/mol. The van der Waals surface area contributed by atoms with Crippen LogP contribution in [0.2, 0.25) is 0 Å². The Balaban J connectivity index is 1.54. The van der Waals surface area contributed by atoms with Crippen LogP contribution in [0.5, 0.6) is 0 Å². The quantitative estimate of drug-likeness (QED) is 0.322. The zero-order valence-electron chi connectivity index (χ0n) is 18.4. The normalized spacial score (nSPS) is 13.3. The zero-order chi connectivity index (χ0) is 22.5. The van der Waals surface area contributed by atoms with Gasteiger partial charge in [-0.15, -0.1) is 0 Å². The lowest BCUT2D eigenvalue weighted by atomic mass is 9.97. The van der Waals surface area contributed by atoms with E-state index < -0.39 is 0 Å². The summed E-state index contributed by atoms with van der Waals surface area (Å²) in [6, 6.07) is 32.2. The number of carbonyl (C=O) groups excluding carboxylic acids is 1. The van der Waals surface area contributed by atoms with Crippen LogP contribution in [0.4, 0.5) is 0 Å². The molecule has 4 heteroatoms. The predicted octanol–water partition coefficient (Wildman–Crippen LogP) is 6.31. The standard InChI is InChI=1S/C29H25N3O/c33-29(23-13-6-2-7-14-23)21-27-26(17-10-18-30-27)28-20-25(19-22-11-4-1-5-12-22)32(31-28)24-15-8-3-9-16-24/h1-9,11-16,18,20H,10,17,19,21H2. The molecule has 1 aromatic heterocycles. The van der Waals surface area contributed by atoms with E-state index in [-0.39, 0.29) is 12.2 Å². The molecule has 33 heavy (non-hydrogen) atoms. The van der Waals surface area contributed by atoms with E-state index >= 15 is 0 Å². The zero-order valence-corrected chi connectivity index (χ0v) is 18.4. The molecule has 1 aliphatic rings. The van der Waals surface area contributed by atoms with Crippen LogP contribution in [0.3, 0.4) is 0 Å². The number of hydrogen-bond donors (Lipinski definition) is 0. The Morgan fingerprint density at radius 2 is 1.52 bits per heavy atom. The van der Waals surface area contributed by atoms with E-state index in [0.717, 1.165) is 47.6 Å². The van der Waals surface area contributed by atoms with Crippen LogP contribution in [0.1, 0.15) is 46.6 Å². The smallest absolute Gasteiger partial charge is 0.168 e. The Hall–Kier alpha value is -4.05. The molecule has 0 aliphatic carbocycles. The van der Waals surface area contributed by atoms with Crippen molar-refractivity contribution in [2.45, 2.75) is 25.7 Å². The lowest BCUT2D eigenvalue weighted by Crippen LogP contribution is -2.06. The Morgan fingerprint density at radius 3 is 2.24 bits per heavy atom. The van der Waals surface area contributed by atoms with Crippen molar-refractivity contribution in [1.29, 1.82) is 0 Å². The van der Waals surface area contributed by atoms with Crippen LogP contribution in [-0.2, 0) is 6.42 Å². The summed E-state index contributed by atoms with van der Waals surface area (Å²) in [4.78, 5) is 17.5. The van der Waals surface area contributed by atoms with Gasteiger partial charge in [0, 0.05) is 29.5 Å². The number of Topliss-reactive ketones (excluding diaryl/α,β-unsaturated/α-hetero) is 1. The summed E-state index contributed by atoms with van der Waals surface area (Å²) >= 11 is 0. The van der Waals surface area contributed by atoms with E-state index in [1.165, 1.54) is 5.56 Å². The average Bonchev–Trinajstić information content (AvgIpc) is 3.29. The van der Waals surface area contributed by atoms with Crippen LogP contribution in [0.25, 0.3) is 11.3 Å². The highest BCUT2D eigenvalue weighted by molar-refractivity contribution is 5.99. The number of aromatic nitrogens is 2. The lowest BCUT2D eigenvalue weighted by molar-refractivity contribution is 0.0992. The van der Waals surface area contributed by atoms with Gasteiger partial charge in [0.15, 0.2) is 5.78 Å². The highest BCUT2D eigenvalue weighted by Crippen LogP contribution is 2.31. The van der Waals surface area contributed by atoms with E-state index in [4.69, 9.17) is 5.10 Å². The van der Waals surface area contributed by atoms with Crippen LogP contribution in [0.15, 0.2) is 108 Å². The summed E-state index contributed by atoms with van der Waals surface area (Å²) in [7, 11) is 0. The van der Waals surface area contributed by atoms with Gasteiger partial charge in [0.1, 0.15) is 0 Å². The van der Waals surface area contributed by atoms with Gasteiger partial charge in [0.2, 0.25) is 0 Å². The number of benzene rings is 3. The first kappa shape index (κ1) is 20.8. The van der Waals surface area contributed by atoms with E-state index in [0.29, 0.717) is 5.56 Å². The number of hydrogen-bond acceptors (Lipinski definition) is 3. The molecule has 0 N–H and O–H groups in total. The Kier molecular flexibility index (Phi) is 6.07. The Labute approximate surface area is 193 Å². The van der Waals surface area contributed by atoms with Gasteiger partial charge in [-0.2, -0.15) is 5.10 Å². The molecule has 0 radical (unpaired) electrons. The molecule has 2 heterocycles. The van der Waals surface area contributed by atoms with Crippen molar-refractivity contribution in [2.75, 3.05) is 0 Å². The molecule has 162 valence electrons. The first-order valence-electron chi connectivity index (χ1n) is 11.3. The maximum Gasteiger partial charge on any atom is 0.168 e. The molecule has 0 saturated heterocycles. The SMILES string of the molecule is O=C(CC1=C(c2cc(Cc3ccccc3)n(-c3ccccc3)n2)CCC=N1)c1ccccc1. The van der Waals surface area contributed by atoms with Crippen molar-refractivity contribution in [2.24, 2.45) is 4.99 Å². The third kappa shape index (κ3) is 4.75. The minimum Gasteiger partial charge on any atom is -0.294 e. The molecule has 0 saturated carbocycles.